The van der Waals surface area contributed by atoms with E-state index < -0.39 is 5.60 Å². The van der Waals surface area contributed by atoms with Gasteiger partial charge in [-0.1, -0.05) is 30.7 Å². The number of carbonyl (C=O) groups is 1. The lowest BCUT2D eigenvalue weighted by Crippen LogP contribution is -2.33. The lowest BCUT2D eigenvalue weighted by atomic mass is 10.1. The van der Waals surface area contributed by atoms with Crippen LogP contribution in [0.2, 0.25) is 0 Å². The second-order valence-corrected chi connectivity index (χ2v) is 7.42. The molecular weight excluding hydrogens is 312 g/mol. The van der Waals surface area contributed by atoms with E-state index in [1.807, 2.05) is 12.1 Å². The van der Waals surface area contributed by atoms with Crippen molar-refractivity contribution in [2.45, 2.75) is 57.6 Å². The van der Waals surface area contributed by atoms with Gasteiger partial charge in [0, 0.05) is 23.7 Å². The van der Waals surface area contributed by atoms with Crippen LogP contribution in [-0.4, -0.2) is 47.7 Å². The number of amides is 1. The minimum absolute atomic E-state index is 0.0737. The Balaban J connectivity index is 1.79. The van der Waals surface area contributed by atoms with Gasteiger partial charge in [-0.15, -0.1) is 0 Å². The monoisotopic (exact) mass is 342 g/mol. The maximum absolute atomic E-state index is 12.3. The van der Waals surface area contributed by atoms with E-state index in [1.54, 1.807) is 26.0 Å². The molecule has 2 rings (SSSR count). The first-order chi connectivity index (χ1) is 11.8. The molecule has 4 heteroatoms. The molecule has 0 heterocycles. The Bertz CT molecular complexity index is 631. The Morgan fingerprint density at radius 3 is 2.76 bits per heavy atom. The van der Waals surface area contributed by atoms with E-state index in [-0.39, 0.29) is 5.91 Å². The van der Waals surface area contributed by atoms with Gasteiger partial charge in [0.05, 0.1) is 0 Å². The molecule has 1 aliphatic rings. The first kappa shape index (κ1) is 19.5. The summed E-state index contributed by atoms with van der Waals surface area (Å²) >= 11 is 0. The highest BCUT2D eigenvalue weighted by molar-refractivity contribution is 5.94. The van der Waals surface area contributed by atoms with Crippen LogP contribution in [0.4, 0.5) is 0 Å². The summed E-state index contributed by atoms with van der Waals surface area (Å²) in [6.45, 7) is 4.97. The molecule has 4 nitrogen and oxygen atoms in total. The number of nitrogens with one attached hydrogen (secondary N) is 1. The summed E-state index contributed by atoms with van der Waals surface area (Å²) in [6.07, 6.45) is 6.26. The number of rotatable bonds is 6. The number of benzene rings is 1. The molecule has 1 saturated carbocycles. The van der Waals surface area contributed by atoms with E-state index >= 15 is 0 Å². The molecule has 1 aromatic rings. The second-order valence-electron chi connectivity index (χ2n) is 7.42. The molecule has 0 saturated heterocycles. The van der Waals surface area contributed by atoms with Crippen molar-refractivity contribution in [1.29, 1.82) is 0 Å². The minimum atomic E-state index is -1.04. The summed E-state index contributed by atoms with van der Waals surface area (Å²) in [6, 6.07) is 7.93. The van der Waals surface area contributed by atoms with Crippen LogP contribution in [-0.2, 0) is 0 Å². The average molecular weight is 342 g/mol. The normalized spacial score (nSPS) is 15.1. The number of aliphatic hydroxyl groups is 1. The van der Waals surface area contributed by atoms with Gasteiger partial charge in [-0.05, 0) is 64.9 Å². The zero-order chi connectivity index (χ0) is 18.3. The van der Waals surface area contributed by atoms with Crippen molar-refractivity contribution >= 4 is 5.91 Å². The zero-order valence-electron chi connectivity index (χ0n) is 15.6. The molecule has 1 aliphatic carbocycles. The predicted molar refractivity (Wildman–Crippen MR) is 101 cm³/mol. The molecule has 0 radical (unpaired) electrons. The lowest BCUT2D eigenvalue weighted by molar-refractivity contribution is 0.0951. The van der Waals surface area contributed by atoms with Crippen LogP contribution < -0.4 is 5.32 Å². The van der Waals surface area contributed by atoms with Crippen LogP contribution in [0.1, 0.15) is 61.9 Å². The number of nitrogens with zero attached hydrogens (tertiary/aromatic N) is 1. The molecule has 2 N–H and O–H groups in total. The second kappa shape index (κ2) is 9.03. The quantitative estimate of drug-likeness (QED) is 0.617. The summed E-state index contributed by atoms with van der Waals surface area (Å²) in [5.41, 5.74) is 0.298. The van der Waals surface area contributed by atoms with Crippen molar-refractivity contribution in [2.75, 3.05) is 20.1 Å². The van der Waals surface area contributed by atoms with Crippen LogP contribution in [0.5, 0.6) is 0 Å². The topological polar surface area (TPSA) is 52.6 Å². The SMILES string of the molecule is CN(CCCNC(=O)c1cccc(C#CC(C)(C)O)c1)C1CCCC1. The molecule has 0 aliphatic heterocycles. The molecule has 25 heavy (non-hydrogen) atoms. The third kappa shape index (κ3) is 6.89. The van der Waals surface area contributed by atoms with E-state index in [0.29, 0.717) is 12.1 Å². The molecular formula is C21H30N2O2. The molecule has 0 atom stereocenters. The number of carbonyl (C=O) groups excluding carboxylic acids is 1. The molecule has 0 spiro atoms. The van der Waals surface area contributed by atoms with Crippen molar-refractivity contribution < 1.29 is 9.90 Å². The van der Waals surface area contributed by atoms with Gasteiger partial charge in [0.25, 0.3) is 5.91 Å². The van der Waals surface area contributed by atoms with Gasteiger partial charge in [-0.2, -0.15) is 0 Å². The standard InChI is InChI=1S/C21H30N2O2/c1-21(2,25)13-12-17-8-6-9-18(16-17)20(24)22-14-7-15-23(3)19-10-4-5-11-19/h6,8-9,16,19,25H,4-5,7,10-11,14-15H2,1-3H3,(H,22,24). The Morgan fingerprint density at radius 2 is 2.08 bits per heavy atom. The Hall–Kier alpha value is -1.83. The fourth-order valence-electron chi connectivity index (χ4n) is 3.12. The highest BCUT2D eigenvalue weighted by atomic mass is 16.3. The summed E-state index contributed by atoms with van der Waals surface area (Å²) in [5, 5.41) is 12.6. The third-order valence-electron chi connectivity index (χ3n) is 4.56. The van der Waals surface area contributed by atoms with Crippen LogP contribution in [0.3, 0.4) is 0 Å². The Labute approximate surface area is 151 Å². The minimum Gasteiger partial charge on any atom is -0.378 e. The van der Waals surface area contributed by atoms with Gasteiger partial charge in [0.1, 0.15) is 5.60 Å². The average Bonchev–Trinajstić information content (AvgIpc) is 3.11. The van der Waals surface area contributed by atoms with Gasteiger partial charge >= 0.3 is 0 Å². The van der Waals surface area contributed by atoms with Gasteiger partial charge in [0.2, 0.25) is 0 Å². The third-order valence-corrected chi connectivity index (χ3v) is 4.56. The summed E-state index contributed by atoms with van der Waals surface area (Å²) in [5.74, 6) is 5.60. The fourth-order valence-corrected chi connectivity index (χ4v) is 3.12. The van der Waals surface area contributed by atoms with Crippen molar-refractivity contribution in [3.63, 3.8) is 0 Å². The van der Waals surface area contributed by atoms with E-state index in [0.717, 1.165) is 24.6 Å². The van der Waals surface area contributed by atoms with Gasteiger partial charge in [-0.25, -0.2) is 0 Å². The van der Waals surface area contributed by atoms with Crippen molar-refractivity contribution in [1.82, 2.24) is 10.2 Å². The van der Waals surface area contributed by atoms with Crippen LogP contribution in [0.15, 0.2) is 24.3 Å². The van der Waals surface area contributed by atoms with Gasteiger partial charge in [-0.3, -0.25) is 4.79 Å². The summed E-state index contributed by atoms with van der Waals surface area (Å²) < 4.78 is 0. The lowest BCUT2D eigenvalue weighted by Gasteiger charge is -2.23. The molecule has 0 bridgehead atoms. The maximum atomic E-state index is 12.3. The van der Waals surface area contributed by atoms with Crippen molar-refractivity contribution in [3.8, 4) is 11.8 Å². The molecule has 0 unspecified atom stereocenters. The summed E-state index contributed by atoms with van der Waals surface area (Å²) in [7, 11) is 2.18. The predicted octanol–water partition coefficient (Wildman–Crippen LogP) is 2.80. The maximum Gasteiger partial charge on any atom is 0.251 e. The van der Waals surface area contributed by atoms with Crippen molar-refractivity contribution in [3.05, 3.63) is 35.4 Å². The molecule has 136 valence electrons. The first-order valence-corrected chi connectivity index (χ1v) is 9.19. The zero-order valence-corrected chi connectivity index (χ0v) is 15.6. The highest BCUT2D eigenvalue weighted by Gasteiger charge is 2.18. The Kier molecular flexibility index (Phi) is 7.04. The summed E-state index contributed by atoms with van der Waals surface area (Å²) in [4.78, 5) is 14.7. The highest BCUT2D eigenvalue weighted by Crippen LogP contribution is 2.22. The van der Waals surface area contributed by atoms with Crippen LogP contribution in [0.25, 0.3) is 0 Å². The largest absolute Gasteiger partial charge is 0.378 e. The number of hydrogen-bond donors (Lipinski definition) is 2. The van der Waals surface area contributed by atoms with E-state index in [4.69, 9.17) is 0 Å². The van der Waals surface area contributed by atoms with Gasteiger partial charge in [0.15, 0.2) is 0 Å². The van der Waals surface area contributed by atoms with Crippen LogP contribution in [0, 0.1) is 11.8 Å². The van der Waals surface area contributed by atoms with E-state index in [1.165, 1.54) is 25.7 Å². The number of hydrogen-bond acceptors (Lipinski definition) is 3. The molecule has 1 fully saturated rings. The van der Waals surface area contributed by atoms with Crippen LogP contribution >= 0.6 is 0 Å². The van der Waals surface area contributed by atoms with Gasteiger partial charge < -0.3 is 15.3 Å². The Morgan fingerprint density at radius 1 is 1.36 bits per heavy atom. The first-order valence-electron chi connectivity index (χ1n) is 9.19. The fraction of sp³-hybridized carbons (Fsp3) is 0.571. The smallest absolute Gasteiger partial charge is 0.251 e. The van der Waals surface area contributed by atoms with E-state index in [9.17, 15) is 9.90 Å². The molecule has 1 aromatic carbocycles. The van der Waals surface area contributed by atoms with E-state index in [2.05, 4.69) is 29.1 Å². The van der Waals surface area contributed by atoms with Crippen molar-refractivity contribution in [2.24, 2.45) is 0 Å². The molecule has 0 aromatic heterocycles. The molecule has 1 amide bonds.